The average molecular weight is 293 g/mol. The largest absolute Gasteiger partial charge is 0.497 e. The van der Waals surface area contributed by atoms with Gasteiger partial charge in [0.25, 0.3) is 0 Å². The summed E-state index contributed by atoms with van der Waals surface area (Å²) in [6.07, 6.45) is 1.84. The van der Waals surface area contributed by atoms with Crippen LogP contribution in [0.5, 0.6) is 11.5 Å². The summed E-state index contributed by atoms with van der Waals surface area (Å²) in [5, 5.41) is 0. The number of amides is 1. The highest BCUT2D eigenvalue weighted by atomic mass is 16.6. The Hall–Kier alpha value is -1.91. The molecule has 0 bridgehead atoms. The highest BCUT2D eigenvalue weighted by molar-refractivity contribution is 5.67. The summed E-state index contributed by atoms with van der Waals surface area (Å²) in [7, 11) is 1.64. The van der Waals surface area contributed by atoms with Gasteiger partial charge in [0.05, 0.1) is 20.3 Å². The quantitative estimate of drug-likeness (QED) is 0.837. The summed E-state index contributed by atoms with van der Waals surface area (Å²) in [5.74, 6) is 1.92. The van der Waals surface area contributed by atoms with Crippen LogP contribution in [0.25, 0.3) is 0 Å². The molecule has 0 aromatic heterocycles. The summed E-state index contributed by atoms with van der Waals surface area (Å²) in [5.41, 5.74) is 0. The third-order valence-corrected chi connectivity index (χ3v) is 3.57. The van der Waals surface area contributed by atoms with Crippen LogP contribution in [-0.4, -0.2) is 44.4 Å². The molecule has 2 rings (SSSR count). The van der Waals surface area contributed by atoms with Gasteiger partial charge in [0.15, 0.2) is 0 Å². The second-order valence-corrected chi connectivity index (χ2v) is 5.14. The van der Waals surface area contributed by atoms with Crippen LogP contribution in [0.3, 0.4) is 0 Å². The smallest absolute Gasteiger partial charge is 0.409 e. The molecule has 1 unspecified atom stereocenters. The van der Waals surface area contributed by atoms with E-state index >= 15 is 0 Å². The number of methoxy groups -OCH3 is 1. The minimum atomic E-state index is -0.219. The van der Waals surface area contributed by atoms with Gasteiger partial charge in [-0.15, -0.1) is 0 Å². The first-order valence-corrected chi connectivity index (χ1v) is 7.41. The average Bonchev–Trinajstić information content (AvgIpc) is 2.53. The zero-order valence-electron chi connectivity index (χ0n) is 12.7. The van der Waals surface area contributed by atoms with Crippen molar-refractivity contribution in [2.75, 3.05) is 33.4 Å². The molecule has 5 heteroatoms. The highest BCUT2D eigenvalue weighted by Gasteiger charge is 2.24. The van der Waals surface area contributed by atoms with Crippen molar-refractivity contribution < 1.29 is 19.0 Å². The first kappa shape index (κ1) is 15.5. The summed E-state index contributed by atoms with van der Waals surface area (Å²) in [6, 6.07) is 7.57. The molecule has 1 saturated heterocycles. The number of likely N-dealkylation sites (tertiary alicyclic amines) is 1. The van der Waals surface area contributed by atoms with Crippen LogP contribution >= 0.6 is 0 Å². The molecule has 1 atom stereocenters. The zero-order chi connectivity index (χ0) is 15.1. The van der Waals surface area contributed by atoms with E-state index in [1.54, 1.807) is 12.0 Å². The van der Waals surface area contributed by atoms with Gasteiger partial charge in [0, 0.05) is 25.1 Å². The van der Waals surface area contributed by atoms with Crippen LogP contribution < -0.4 is 9.47 Å². The van der Waals surface area contributed by atoms with Crippen LogP contribution in [0.4, 0.5) is 4.79 Å². The van der Waals surface area contributed by atoms with Gasteiger partial charge in [-0.3, -0.25) is 0 Å². The third kappa shape index (κ3) is 4.55. The Balaban J connectivity index is 1.83. The Bertz CT molecular complexity index is 463. The predicted octanol–water partition coefficient (Wildman–Crippen LogP) is 2.94. The van der Waals surface area contributed by atoms with E-state index in [4.69, 9.17) is 14.2 Å². The number of ether oxygens (including phenoxy) is 3. The van der Waals surface area contributed by atoms with E-state index in [9.17, 15) is 4.79 Å². The van der Waals surface area contributed by atoms with E-state index in [0.717, 1.165) is 30.9 Å². The van der Waals surface area contributed by atoms with E-state index in [1.807, 2.05) is 31.2 Å². The van der Waals surface area contributed by atoms with Crippen molar-refractivity contribution in [3.05, 3.63) is 24.3 Å². The zero-order valence-corrected chi connectivity index (χ0v) is 12.7. The van der Waals surface area contributed by atoms with Gasteiger partial charge >= 0.3 is 6.09 Å². The Morgan fingerprint density at radius 1 is 1.38 bits per heavy atom. The third-order valence-electron chi connectivity index (χ3n) is 3.57. The topological polar surface area (TPSA) is 48.0 Å². The summed E-state index contributed by atoms with van der Waals surface area (Å²) in [6.45, 7) is 4.31. The monoisotopic (exact) mass is 293 g/mol. The van der Waals surface area contributed by atoms with Crippen LogP contribution in [0.15, 0.2) is 24.3 Å². The molecule has 1 aliphatic rings. The maximum Gasteiger partial charge on any atom is 0.409 e. The number of nitrogens with zero attached hydrogens (tertiary/aromatic N) is 1. The van der Waals surface area contributed by atoms with Gasteiger partial charge in [-0.2, -0.15) is 0 Å². The van der Waals surface area contributed by atoms with E-state index in [0.29, 0.717) is 25.7 Å². The van der Waals surface area contributed by atoms with Crippen LogP contribution in [0.1, 0.15) is 19.8 Å². The normalized spacial score (nSPS) is 18.2. The second kappa shape index (κ2) is 7.76. The number of hydrogen-bond donors (Lipinski definition) is 0. The standard InChI is InChI=1S/C16H23NO4/c1-3-20-16(18)17-9-5-6-13(11-17)12-21-15-8-4-7-14(10-15)19-2/h4,7-8,10,13H,3,5-6,9,11-12H2,1-2H3. The highest BCUT2D eigenvalue weighted by Crippen LogP contribution is 2.22. The fourth-order valence-electron chi connectivity index (χ4n) is 2.49. The lowest BCUT2D eigenvalue weighted by Gasteiger charge is -2.31. The van der Waals surface area contributed by atoms with Gasteiger partial charge in [0.2, 0.25) is 0 Å². The van der Waals surface area contributed by atoms with Gasteiger partial charge < -0.3 is 19.1 Å². The van der Waals surface area contributed by atoms with E-state index in [1.165, 1.54) is 0 Å². The van der Waals surface area contributed by atoms with Gasteiger partial charge in [-0.05, 0) is 31.9 Å². The Kier molecular flexibility index (Phi) is 5.72. The molecule has 116 valence electrons. The predicted molar refractivity (Wildman–Crippen MR) is 79.8 cm³/mol. The molecule has 0 saturated carbocycles. The Morgan fingerprint density at radius 2 is 2.19 bits per heavy atom. The molecule has 0 N–H and O–H groups in total. The van der Waals surface area contributed by atoms with E-state index < -0.39 is 0 Å². The molecular formula is C16H23NO4. The minimum absolute atomic E-state index is 0.219. The molecule has 1 aliphatic heterocycles. The first-order chi connectivity index (χ1) is 10.2. The molecule has 0 aliphatic carbocycles. The summed E-state index contributed by atoms with van der Waals surface area (Å²) < 4.78 is 16.0. The van der Waals surface area contributed by atoms with Crippen LogP contribution in [0, 0.1) is 5.92 Å². The minimum Gasteiger partial charge on any atom is -0.497 e. The Morgan fingerprint density at radius 3 is 2.95 bits per heavy atom. The van der Waals surface area contributed by atoms with Crippen LogP contribution in [-0.2, 0) is 4.74 Å². The van der Waals surface area contributed by atoms with E-state index in [-0.39, 0.29) is 6.09 Å². The molecule has 0 radical (unpaired) electrons. The number of rotatable bonds is 5. The maximum absolute atomic E-state index is 11.7. The summed E-state index contributed by atoms with van der Waals surface area (Å²) in [4.78, 5) is 13.5. The molecule has 1 heterocycles. The maximum atomic E-state index is 11.7. The van der Waals surface area contributed by atoms with Crippen LogP contribution in [0.2, 0.25) is 0 Å². The molecule has 0 spiro atoms. The lowest BCUT2D eigenvalue weighted by Crippen LogP contribution is -2.41. The number of benzene rings is 1. The van der Waals surface area contributed by atoms with Crippen molar-refractivity contribution in [1.29, 1.82) is 0 Å². The van der Waals surface area contributed by atoms with Gasteiger partial charge in [-0.1, -0.05) is 6.07 Å². The molecule has 1 aromatic rings. The molecule has 21 heavy (non-hydrogen) atoms. The number of piperidine rings is 1. The van der Waals surface area contributed by atoms with E-state index in [2.05, 4.69) is 0 Å². The Labute approximate surface area is 125 Å². The number of carbonyl (C=O) groups is 1. The van der Waals surface area contributed by atoms with Crippen molar-refractivity contribution in [1.82, 2.24) is 4.90 Å². The first-order valence-electron chi connectivity index (χ1n) is 7.41. The van der Waals surface area contributed by atoms with Gasteiger partial charge in [-0.25, -0.2) is 4.79 Å². The van der Waals surface area contributed by atoms with Crippen molar-refractivity contribution in [2.45, 2.75) is 19.8 Å². The lowest BCUT2D eigenvalue weighted by molar-refractivity contribution is 0.0790. The van der Waals surface area contributed by atoms with Gasteiger partial charge in [0.1, 0.15) is 11.5 Å². The lowest BCUT2D eigenvalue weighted by atomic mass is 9.99. The molecule has 1 amide bonds. The SMILES string of the molecule is CCOC(=O)N1CCCC(COc2cccc(OC)c2)C1. The summed E-state index contributed by atoms with van der Waals surface area (Å²) >= 11 is 0. The fraction of sp³-hybridized carbons (Fsp3) is 0.562. The van der Waals surface area contributed by atoms with Crippen molar-refractivity contribution >= 4 is 6.09 Å². The number of hydrogen-bond acceptors (Lipinski definition) is 4. The van der Waals surface area contributed by atoms with Crippen molar-refractivity contribution in [3.8, 4) is 11.5 Å². The second-order valence-electron chi connectivity index (χ2n) is 5.14. The molecular weight excluding hydrogens is 270 g/mol. The molecule has 1 aromatic carbocycles. The molecule has 1 fully saturated rings. The number of carbonyl (C=O) groups excluding carboxylic acids is 1. The fourth-order valence-corrected chi connectivity index (χ4v) is 2.49. The van der Waals surface area contributed by atoms with Crippen molar-refractivity contribution in [2.24, 2.45) is 5.92 Å². The van der Waals surface area contributed by atoms with Crippen molar-refractivity contribution in [3.63, 3.8) is 0 Å². The molecule has 5 nitrogen and oxygen atoms in total.